The van der Waals surface area contributed by atoms with Gasteiger partial charge in [0, 0.05) is 35.2 Å². The molecule has 2 aromatic carbocycles. The van der Waals surface area contributed by atoms with Crippen molar-refractivity contribution in [2.24, 2.45) is 0 Å². The molecule has 0 aromatic heterocycles. The normalized spacial score (nSPS) is 16.9. The number of rotatable bonds is 5. The highest BCUT2D eigenvalue weighted by atomic mass is 79.9. The van der Waals surface area contributed by atoms with Crippen molar-refractivity contribution in [1.29, 1.82) is 0 Å². The Balaban J connectivity index is 1.91. The molecule has 2 N–H and O–H groups in total. The number of phenolic OH excluding ortho intramolecular Hbond substituents is 1. The Morgan fingerprint density at radius 3 is 2.38 bits per heavy atom. The van der Waals surface area contributed by atoms with E-state index in [1.807, 2.05) is 12.1 Å². The zero-order chi connectivity index (χ0) is 18.8. The Morgan fingerprint density at radius 1 is 1.08 bits per heavy atom. The minimum atomic E-state index is -0.686. The first-order chi connectivity index (χ1) is 12.5. The lowest BCUT2D eigenvalue weighted by molar-refractivity contribution is 0.0841. The van der Waals surface area contributed by atoms with Crippen LogP contribution in [0.3, 0.4) is 0 Å². The Bertz CT molecular complexity index is 811. The maximum Gasteiger partial charge on any atom is 0.161 e. The van der Waals surface area contributed by atoms with Gasteiger partial charge in [-0.15, -0.1) is 0 Å². The summed E-state index contributed by atoms with van der Waals surface area (Å²) in [6, 6.07) is 7.08. The molecule has 0 bridgehead atoms. The van der Waals surface area contributed by atoms with Crippen LogP contribution < -0.4 is 14.2 Å². The van der Waals surface area contributed by atoms with E-state index in [0.29, 0.717) is 31.1 Å². The Hall–Kier alpha value is -1.96. The molecule has 1 unspecified atom stereocenters. The van der Waals surface area contributed by atoms with E-state index in [2.05, 4.69) is 20.8 Å². The van der Waals surface area contributed by atoms with Gasteiger partial charge in [0.15, 0.2) is 11.5 Å². The van der Waals surface area contributed by atoms with Gasteiger partial charge in [-0.25, -0.2) is 0 Å². The van der Waals surface area contributed by atoms with Crippen LogP contribution in [0.2, 0.25) is 0 Å². The maximum absolute atomic E-state index is 10.7. The first-order valence-corrected chi connectivity index (χ1v) is 8.97. The van der Waals surface area contributed by atoms with Crippen molar-refractivity contribution in [2.45, 2.75) is 19.2 Å². The largest absolute Gasteiger partial charge is 0.504 e. The molecule has 0 fully saturated rings. The van der Waals surface area contributed by atoms with Crippen molar-refractivity contribution in [3.05, 3.63) is 45.4 Å². The Labute approximate surface area is 161 Å². The third kappa shape index (κ3) is 3.47. The number of aliphatic hydroxyl groups excluding tert-OH is 1. The number of hydrogen-bond acceptors (Lipinski definition) is 6. The van der Waals surface area contributed by atoms with E-state index in [1.165, 1.54) is 7.11 Å². The number of fused-ring (bicyclic) bond motifs is 1. The van der Waals surface area contributed by atoms with E-state index in [1.54, 1.807) is 26.4 Å². The number of β-amino-alcohol motifs (C(OH)–C–C–N with tert-alkyl or cyclic N) is 1. The molecule has 3 rings (SSSR count). The van der Waals surface area contributed by atoms with Gasteiger partial charge in [0.2, 0.25) is 0 Å². The van der Waals surface area contributed by atoms with Gasteiger partial charge in [0.1, 0.15) is 11.5 Å². The topological polar surface area (TPSA) is 71.4 Å². The number of aliphatic hydroxyl groups is 1. The van der Waals surface area contributed by atoms with Crippen molar-refractivity contribution in [1.82, 2.24) is 4.90 Å². The number of halogens is 1. The highest BCUT2D eigenvalue weighted by Gasteiger charge is 2.30. The fraction of sp³-hybridized carbons (Fsp3) is 0.368. The minimum absolute atomic E-state index is 0.0860. The summed E-state index contributed by atoms with van der Waals surface area (Å²) < 4.78 is 16.8. The van der Waals surface area contributed by atoms with Gasteiger partial charge in [-0.3, -0.25) is 4.90 Å². The lowest BCUT2D eigenvalue weighted by Crippen LogP contribution is -2.33. The standard InChI is InChI=1S/C19H22BrNO5/c1-24-16-4-5-17(25-2)19-12(16)9-21(10-15(19)23)8-11-6-14(22)18(26-3)7-13(11)20/h4-7,15,22-23H,8-10H2,1-3H3. The quantitative estimate of drug-likeness (QED) is 0.768. The van der Waals surface area contributed by atoms with E-state index in [-0.39, 0.29) is 5.75 Å². The van der Waals surface area contributed by atoms with Crippen molar-refractivity contribution in [2.75, 3.05) is 27.9 Å². The fourth-order valence-electron chi connectivity index (χ4n) is 3.38. The number of benzene rings is 2. The predicted molar refractivity (Wildman–Crippen MR) is 101 cm³/mol. The van der Waals surface area contributed by atoms with E-state index in [4.69, 9.17) is 14.2 Å². The van der Waals surface area contributed by atoms with E-state index in [9.17, 15) is 10.2 Å². The second kappa shape index (κ2) is 7.73. The molecule has 0 amide bonds. The first-order valence-electron chi connectivity index (χ1n) is 8.18. The molecule has 1 atom stereocenters. The zero-order valence-corrected chi connectivity index (χ0v) is 16.5. The van der Waals surface area contributed by atoms with Gasteiger partial charge in [-0.05, 0) is 29.8 Å². The molecule has 7 heteroatoms. The minimum Gasteiger partial charge on any atom is -0.504 e. The summed E-state index contributed by atoms with van der Waals surface area (Å²) in [4.78, 5) is 2.10. The van der Waals surface area contributed by atoms with Gasteiger partial charge in [-0.1, -0.05) is 15.9 Å². The highest BCUT2D eigenvalue weighted by Crippen LogP contribution is 2.40. The van der Waals surface area contributed by atoms with Crippen molar-refractivity contribution < 1.29 is 24.4 Å². The summed E-state index contributed by atoms with van der Waals surface area (Å²) >= 11 is 3.52. The van der Waals surface area contributed by atoms with Gasteiger partial charge < -0.3 is 24.4 Å². The fourth-order valence-corrected chi connectivity index (χ4v) is 3.83. The zero-order valence-electron chi connectivity index (χ0n) is 15.0. The van der Waals surface area contributed by atoms with Crippen LogP contribution in [0.15, 0.2) is 28.7 Å². The summed E-state index contributed by atoms with van der Waals surface area (Å²) in [7, 11) is 4.72. The van der Waals surface area contributed by atoms with Crippen molar-refractivity contribution in [3.63, 3.8) is 0 Å². The van der Waals surface area contributed by atoms with Crippen LogP contribution in [0.25, 0.3) is 0 Å². The maximum atomic E-state index is 10.7. The number of hydrogen-bond donors (Lipinski definition) is 2. The van der Waals surface area contributed by atoms with Crippen molar-refractivity contribution in [3.8, 4) is 23.0 Å². The summed E-state index contributed by atoms with van der Waals surface area (Å²) in [6.07, 6.45) is -0.686. The van der Waals surface area contributed by atoms with Crippen LogP contribution in [0.1, 0.15) is 22.8 Å². The molecule has 1 aliphatic heterocycles. The molecule has 140 valence electrons. The molecule has 0 radical (unpaired) electrons. The van der Waals surface area contributed by atoms with Crippen molar-refractivity contribution >= 4 is 15.9 Å². The molecule has 1 heterocycles. The number of phenols is 1. The van der Waals surface area contributed by atoms with Gasteiger partial charge in [0.25, 0.3) is 0 Å². The highest BCUT2D eigenvalue weighted by molar-refractivity contribution is 9.10. The average molecular weight is 424 g/mol. The Kier molecular flexibility index (Phi) is 5.60. The molecular formula is C19H22BrNO5. The number of nitrogens with zero attached hydrogens (tertiary/aromatic N) is 1. The monoisotopic (exact) mass is 423 g/mol. The third-order valence-corrected chi connectivity index (χ3v) is 5.34. The molecule has 6 nitrogen and oxygen atoms in total. The lowest BCUT2D eigenvalue weighted by Gasteiger charge is -2.34. The SMILES string of the molecule is COc1cc(Br)c(CN2Cc3c(OC)ccc(OC)c3C(O)C2)cc1O. The third-order valence-electron chi connectivity index (χ3n) is 4.60. The second-order valence-electron chi connectivity index (χ2n) is 6.16. The molecule has 1 aliphatic rings. The molecule has 2 aromatic rings. The first kappa shape index (κ1) is 18.8. The van der Waals surface area contributed by atoms with Crippen LogP contribution in [-0.2, 0) is 13.1 Å². The summed E-state index contributed by atoms with van der Waals surface area (Å²) in [5.74, 6) is 1.89. The molecule has 0 saturated carbocycles. The van der Waals surface area contributed by atoms with Gasteiger partial charge >= 0.3 is 0 Å². The van der Waals surface area contributed by atoms with Crippen LogP contribution in [0.4, 0.5) is 0 Å². The Morgan fingerprint density at radius 2 is 1.73 bits per heavy atom. The smallest absolute Gasteiger partial charge is 0.161 e. The van der Waals surface area contributed by atoms with Gasteiger partial charge in [0.05, 0.1) is 27.4 Å². The molecule has 0 saturated heterocycles. The number of methoxy groups -OCH3 is 3. The van der Waals surface area contributed by atoms with E-state index < -0.39 is 6.10 Å². The molecular weight excluding hydrogens is 402 g/mol. The second-order valence-corrected chi connectivity index (χ2v) is 7.02. The van der Waals surface area contributed by atoms with Crippen LogP contribution in [-0.4, -0.2) is 43.0 Å². The summed E-state index contributed by atoms with van der Waals surface area (Å²) in [6.45, 7) is 1.61. The number of aromatic hydroxyl groups is 1. The van der Waals surface area contributed by atoms with Gasteiger partial charge in [-0.2, -0.15) is 0 Å². The molecule has 0 aliphatic carbocycles. The van der Waals surface area contributed by atoms with Crippen LogP contribution in [0, 0.1) is 0 Å². The van der Waals surface area contributed by atoms with Crippen LogP contribution in [0.5, 0.6) is 23.0 Å². The van der Waals surface area contributed by atoms with E-state index in [0.717, 1.165) is 26.9 Å². The molecule has 26 heavy (non-hydrogen) atoms. The predicted octanol–water partition coefficient (Wildman–Crippen LogP) is 3.23. The van der Waals surface area contributed by atoms with E-state index >= 15 is 0 Å². The summed E-state index contributed by atoms with van der Waals surface area (Å²) in [5.41, 5.74) is 2.60. The lowest BCUT2D eigenvalue weighted by atomic mass is 9.95. The number of ether oxygens (including phenoxy) is 3. The average Bonchev–Trinajstić information content (AvgIpc) is 2.63. The molecule has 0 spiro atoms. The summed E-state index contributed by atoms with van der Waals surface area (Å²) in [5, 5.41) is 20.7. The van der Waals surface area contributed by atoms with Crippen LogP contribution >= 0.6 is 15.9 Å².